The lowest BCUT2D eigenvalue weighted by Crippen LogP contribution is -2.68. The Morgan fingerprint density at radius 3 is 1.81 bits per heavy atom. The standard InChI is InChI=1S/C32H56N6O14/c33-9-16-22(42)24(44)19(36)30(47-16)51-27-18(12-40)49-32(29(27)46-7-6-38-10-13-4-2-1-3-5-13)52-28-21(41)14(34)8-15(35)26(28)50-31-20(37)25(45)23(43)17(11-39)48-31/h1-5,14-32,38-45H,6-12,33-37H2/t14-,15+,16+,17-,18-,19-,20-,21+,22-,23-,24-,25-,26-,27-,28-,29-,30-,31-,32+/m1/s1. The summed E-state index contributed by atoms with van der Waals surface area (Å²) in [7, 11) is 0. The van der Waals surface area contributed by atoms with Crippen LogP contribution in [0.15, 0.2) is 30.3 Å². The Morgan fingerprint density at radius 1 is 0.635 bits per heavy atom. The second-order valence-corrected chi connectivity index (χ2v) is 13.7. The number of ether oxygens (including phenoxy) is 7. The van der Waals surface area contributed by atoms with Crippen molar-refractivity contribution in [2.75, 3.05) is 32.9 Å². The van der Waals surface area contributed by atoms with Gasteiger partial charge in [0.15, 0.2) is 18.9 Å². The van der Waals surface area contributed by atoms with Gasteiger partial charge in [0.25, 0.3) is 0 Å². The van der Waals surface area contributed by atoms with Crippen molar-refractivity contribution in [3.63, 3.8) is 0 Å². The van der Waals surface area contributed by atoms with Crippen LogP contribution in [-0.4, -0.2) is 185 Å². The summed E-state index contributed by atoms with van der Waals surface area (Å²) in [5.74, 6) is 0. The highest BCUT2D eigenvalue weighted by Gasteiger charge is 2.55. The molecule has 20 heteroatoms. The van der Waals surface area contributed by atoms with Crippen molar-refractivity contribution in [1.82, 2.24) is 5.32 Å². The quantitative estimate of drug-likeness (QED) is 0.0741. The maximum atomic E-state index is 11.3. The van der Waals surface area contributed by atoms with E-state index in [0.29, 0.717) is 13.1 Å². The lowest BCUT2D eigenvalue weighted by Gasteiger charge is -2.47. The van der Waals surface area contributed by atoms with Crippen LogP contribution in [0.2, 0.25) is 0 Å². The average Bonchev–Trinajstić information content (AvgIpc) is 3.47. The highest BCUT2D eigenvalue weighted by molar-refractivity contribution is 5.14. The summed E-state index contributed by atoms with van der Waals surface area (Å²) < 4.78 is 42.5. The van der Waals surface area contributed by atoms with Crippen LogP contribution >= 0.6 is 0 Å². The molecule has 4 aliphatic rings. The van der Waals surface area contributed by atoms with Gasteiger partial charge in [-0.05, 0) is 12.0 Å². The number of hydrogen-bond acceptors (Lipinski definition) is 20. The van der Waals surface area contributed by atoms with E-state index >= 15 is 0 Å². The Morgan fingerprint density at radius 2 is 1.19 bits per heavy atom. The van der Waals surface area contributed by atoms with E-state index in [-0.39, 0.29) is 19.6 Å². The van der Waals surface area contributed by atoms with Crippen LogP contribution in [-0.2, 0) is 39.7 Å². The molecule has 3 saturated heterocycles. The van der Waals surface area contributed by atoms with Crippen LogP contribution in [0.25, 0.3) is 0 Å². The summed E-state index contributed by atoms with van der Waals surface area (Å²) in [4.78, 5) is 0. The Bertz CT molecular complexity index is 1220. The summed E-state index contributed by atoms with van der Waals surface area (Å²) in [5.41, 5.74) is 31.8. The molecule has 0 amide bonds. The molecule has 1 aromatic rings. The van der Waals surface area contributed by atoms with Crippen molar-refractivity contribution in [2.24, 2.45) is 28.7 Å². The largest absolute Gasteiger partial charge is 0.394 e. The molecule has 0 spiro atoms. The first-order valence-electron chi connectivity index (χ1n) is 17.5. The van der Waals surface area contributed by atoms with Crippen LogP contribution in [0.4, 0.5) is 0 Å². The van der Waals surface area contributed by atoms with Gasteiger partial charge in [-0.25, -0.2) is 0 Å². The monoisotopic (exact) mass is 748 g/mol. The Balaban J connectivity index is 1.36. The number of nitrogens with two attached hydrogens (primary N) is 5. The molecule has 0 unspecified atom stereocenters. The maximum Gasteiger partial charge on any atom is 0.187 e. The number of nitrogens with one attached hydrogen (secondary N) is 1. The molecule has 0 bridgehead atoms. The third-order valence-corrected chi connectivity index (χ3v) is 10.1. The van der Waals surface area contributed by atoms with E-state index in [0.717, 1.165) is 5.56 Å². The van der Waals surface area contributed by atoms with Gasteiger partial charge in [0.1, 0.15) is 67.1 Å². The fourth-order valence-electron chi connectivity index (χ4n) is 6.95. The van der Waals surface area contributed by atoms with Gasteiger partial charge in [-0.2, -0.15) is 0 Å². The van der Waals surface area contributed by atoms with Crippen LogP contribution in [0.1, 0.15) is 12.0 Å². The third-order valence-electron chi connectivity index (χ3n) is 10.1. The molecule has 1 saturated carbocycles. The van der Waals surface area contributed by atoms with Crippen LogP contribution in [0.5, 0.6) is 0 Å². The van der Waals surface area contributed by atoms with Crippen molar-refractivity contribution < 1.29 is 68.9 Å². The Labute approximate surface area is 301 Å². The van der Waals surface area contributed by atoms with E-state index in [1.165, 1.54) is 0 Å². The minimum atomic E-state index is -1.52. The fraction of sp³-hybridized carbons (Fsp3) is 0.812. The van der Waals surface area contributed by atoms with Crippen molar-refractivity contribution in [1.29, 1.82) is 0 Å². The highest BCUT2D eigenvalue weighted by atomic mass is 16.8. The van der Waals surface area contributed by atoms with Gasteiger partial charge in [0, 0.05) is 31.7 Å². The minimum absolute atomic E-state index is 0.0825. The molecule has 4 fully saturated rings. The van der Waals surface area contributed by atoms with E-state index in [4.69, 9.17) is 61.8 Å². The molecule has 52 heavy (non-hydrogen) atoms. The smallest absolute Gasteiger partial charge is 0.187 e. The van der Waals surface area contributed by atoms with Gasteiger partial charge in [0.05, 0.1) is 38.0 Å². The number of aliphatic hydroxyl groups is 7. The second-order valence-electron chi connectivity index (χ2n) is 13.7. The molecular formula is C32H56N6O14. The first-order valence-corrected chi connectivity index (χ1v) is 17.5. The van der Waals surface area contributed by atoms with Crippen molar-refractivity contribution in [3.8, 4) is 0 Å². The topological polar surface area (TPSA) is 348 Å². The second kappa shape index (κ2) is 18.8. The number of hydrogen-bond donors (Lipinski definition) is 13. The lowest BCUT2D eigenvalue weighted by atomic mass is 9.84. The van der Waals surface area contributed by atoms with Crippen LogP contribution in [0.3, 0.4) is 0 Å². The van der Waals surface area contributed by atoms with Gasteiger partial charge in [0.2, 0.25) is 0 Å². The number of benzene rings is 1. The molecule has 18 N–H and O–H groups in total. The maximum absolute atomic E-state index is 11.3. The molecule has 0 aromatic heterocycles. The normalized spacial score (nSPS) is 45.7. The highest BCUT2D eigenvalue weighted by Crippen LogP contribution is 2.35. The zero-order chi connectivity index (χ0) is 37.7. The van der Waals surface area contributed by atoms with Gasteiger partial charge in [-0.1, -0.05) is 30.3 Å². The first kappa shape index (κ1) is 41.6. The molecule has 20 nitrogen and oxygen atoms in total. The summed E-state index contributed by atoms with van der Waals surface area (Å²) in [5, 5.41) is 76.5. The van der Waals surface area contributed by atoms with E-state index < -0.39 is 129 Å². The van der Waals surface area contributed by atoms with Gasteiger partial charge in [-0.15, -0.1) is 0 Å². The Hall–Kier alpha value is -1.58. The molecule has 1 aromatic carbocycles. The van der Waals surface area contributed by atoms with Crippen molar-refractivity contribution >= 4 is 0 Å². The fourth-order valence-corrected chi connectivity index (χ4v) is 6.95. The SMILES string of the molecule is NC[C@@H]1O[C@H](O[C@H]2[C@@H](OCCNCc3ccccc3)[C@H](O[C@@H]3[C@@H](O)[C@H](N)C[C@H](N)[C@H]3O[C@H]3O[C@H](CO)[C@@H](O)[C@H](O)[C@H]3N)O[C@@H]2CO)[C@H](N)[C@@H](O)[C@@H]1O. The first-order chi connectivity index (χ1) is 24.9. The summed E-state index contributed by atoms with van der Waals surface area (Å²) in [6.45, 7) is -0.401. The van der Waals surface area contributed by atoms with E-state index in [1.807, 2.05) is 30.3 Å². The van der Waals surface area contributed by atoms with Gasteiger partial charge >= 0.3 is 0 Å². The molecule has 5 rings (SSSR count). The van der Waals surface area contributed by atoms with Crippen molar-refractivity contribution in [3.05, 3.63) is 35.9 Å². The minimum Gasteiger partial charge on any atom is -0.394 e. The molecule has 298 valence electrons. The number of rotatable bonds is 15. The lowest BCUT2D eigenvalue weighted by molar-refractivity contribution is -0.311. The molecular weight excluding hydrogens is 692 g/mol. The third kappa shape index (κ3) is 9.26. The van der Waals surface area contributed by atoms with Crippen molar-refractivity contribution in [2.45, 2.75) is 129 Å². The molecule has 19 atom stereocenters. The predicted octanol–water partition coefficient (Wildman–Crippen LogP) is -7.05. The summed E-state index contributed by atoms with van der Waals surface area (Å²) >= 11 is 0. The van der Waals surface area contributed by atoms with Crippen LogP contribution < -0.4 is 34.0 Å². The predicted molar refractivity (Wildman–Crippen MR) is 178 cm³/mol. The van der Waals surface area contributed by atoms with E-state index in [2.05, 4.69) is 5.32 Å². The van der Waals surface area contributed by atoms with E-state index in [1.54, 1.807) is 0 Å². The van der Waals surface area contributed by atoms with Crippen LogP contribution in [0, 0.1) is 0 Å². The average molecular weight is 749 g/mol. The molecule has 0 radical (unpaired) electrons. The summed E-state index contributed by atoms with van der Waals surface area (Å²) in [6, 6.07) is 5.44. The van der Waals surface area contributed by atoms with Gasteiger partial charge in [-0.3, -0.25) is 0 Å². The number of aliphatic hydroxyl groups excluding tert-OH is 7. The van der Waals surface area contributed by atoms with E-state index in [9.17, 15) is 35.7 Å². The molecule has 3 aliphatic heterocycles. The zero-order valence-corrected chi connectivity index (χ0v) is 28.7. The summed E-state index contributed by atoms with van der Waals surface area (Å²) in [6.07, 6.45) is -19.4. The molecule has 1 aliphatic carbocycles. The molecule has 3 heterocycles. The Kier molecular flexibility index (Phi) is 15.1. The zero-order valence-electron chi connectivity index (χ0n) is 28.7. The van der Waals surface area contributed by atoms with Gasteiger partial charge < -0.3 is 103 Å².